The summed E-state index contributed by atoms with van der Waals surface area (Å²) in [7, 11) is -3.81. The lowest BCUT2D eigenvalue weighted by Crippen LogP contribution is -2.47. The van der Waals surface area contributed by atoms with Crippen molar-refractivity contribution in [2.45, 2.75) is 11.8 Å². The molecule has 0 aromatic heterocycles. The van der Waals surface area contributed by atoms with Gasteiger partial charge in [-0.3, -0.25) is 10.2 Å². The summed E-state index contributed by atoms with van der Waals surface area (Å²) in [6.45, 7) is 1.30. The summed E-state index contributed by atoms with van der Waals surface area (Å²) in [6, 6.07) is 11.8. The third-order valence-corrected chi connectivity index (χ3v) is 4.84. The molecule has 3 amide bonds. The first kappa shape index (κ1) is 19.7. The van der Waals surface area contributed by atoms with Gasteiger partial charge < -0.3 is 5.32 Å². The van der Waals surface area contributed by atoms with Crippen LogP contribution < -0.4 is 20.9 Å². The fourth-order valence-electron chi connectivity index (χ4n) is 1.83. The Bertz CT molecular complexity index is 883. The number of amides is 3. The van der Waals surface area contributed by atoms with Crippen molar-refractivity contribution in [3.8, 4) is 0 Å². The second-order valence-corrected chi connectivity index (χ2v) is 7.48. The number of anilines is 1. The molecule has 2 aromatic carbocycles. The minimum absolute atomic E-state index is 0.0457. The molecular weight excluding hydrogens is 380 g/mol. The van der Waals surface area contributed by atoms with Crippen LogP contribution in [0.5, 0.6) is 0 Å². The standard InChI is InChI=1S/C16H17ClN4O4S/c1-11-2-8-14(9-3-11)26(24,25)18-10-15(22)20-21-16(23)19-13-6-4-12(17)5-7-13/h2-9,18H,10H2,1H3,(H,20,22)(H2,19,21,23). The number of carbonyl (C=O) groups is 2. The number of carbonyl (C=O) groups excluding carboxylic acids is 2. The van der Waals surface area contributed by atoms with Gasteiger partial charge in [0.2, 0.25) is 10.0 Å². The third kappa shape index (κ3) is 6.03. The highest BCUT2D eigenvalue weighted by Crippen LogP contribution is 2.13. The smallest absolute Gasteiger partial charge is 0.307 e. The number of hydrogen-bond donors (Lipinski definition) is 4. The predicted octanol–water partition coefficient (Wildman–Crippen LogP) is 1.78. The highest BCUT2D eigenvalue weighted by atomic mass is 35.5. The van der Waals surface area contributed by atoms with Gasteiger partial charge in [0.25, 0.3) is 5.91 Å². The van der Waals surface area contributed by atoms with Gasteiger partial charge in [-0.05, 0) is 43.3 Å². The number of halogens is 1. The summed E-state index contributed by atoms with van der Waals surface area (Å²) in [4.78, 5) is 23.4. The highest BCUT2D eigenvalue weighted by molar-refractivity contribution is 7.89. The van der Waals surface area contributed by atoms with Crippen LogP contribution in [0.25, 0.3) is 0 Å². The molecule has 0 bridgehead atoms. The maximum Gasteiger partial charge on any atom is 0.337 e. The Hall–Kier alpha value is -2.62. The van der Waals surface area contributed by atoms with E-state index in [0.29, 0.717) is 10.7 Å². The molecule has 0 saturated carbocycles. The molecule has 8 nitrogen and oxygen atoms in total. The van der Waals surface area contributed by atoms with Crippen LogP contribution in [-0.2, 0) is 14.8 Å². The minimum atomic E-state index is -3.81. The van der Waals surface area contributed by atoms with Crippen molar-refractivity contribution in [2.75, 3.05) is 11.9 Å². The molecule has 0 saturated heterocycles. The summed E-state index contributed by atoms with van der Waals surface area (Å²) in [5.41, 5.74) is 5.59. The largest absolute Gasteiger partial charge is 0.337 e. The Morgan fingerprint density at radius 2 is 1.58 bits per heavy atom. The van der Waals surface area contributed by atoms with Crippen molar-refractivity contribution in [1.82, 2.24) is 15.6 Å². The van der Waals surface area contributed by atoms with E-state index in [9.17, 15) is 18.0 Å². The molecule has 0 fully saturated rings. The van der Waals surface area contributed by atoms with Crippen molar-refractivity contribution in [1.29, 1.82) is 0 Å². The van der Waals surface area contributed by atoms with E-state index in [-0.39, 0.29) is 4.90 Å². The Morgan fingerprint density at radius 1 is 0.962 bits per heavy atom. The predicted molar refractivity (Wildman–Crippen MR) is 98.1 cm³/mol. The van der Waals surface area contributed by atoms with Gasteiger partial charge in [-0.1, -0.05) is 29.3 Å². The summed E-state index contributed by atoms with van der Waals surface area (Å²) < 4.78 is 26.3. The number of urea groups is 1. The molecule has 2 rings (SSSR count). The zero-order valence-corrected chi connectivity index (χ0v) is 15.3. The second kappa shape index (κ2) is 8.65. The summed E-state index contributed by atoms with van der Waals surface area (Å²) >= 11 is 5.73. The quantitative estimate of drug-likeness (QED) is 0.576. The zero-order valence-electron chi connectivity index (χ0n) is 13.7. The van der Waals surface area contributed by atoms with Crippen LogP contribution in [0.1, 0.15) is 5.56 Å². The molecule has 26 heavy (non-hydrogen) atoms. The third-order valence-electron chi connectivity index (χ3n) is 3.17. The van der Waals surface area contributed by atoms with E-state index >= 15 is 0 Å². The first-order valence-electron chi connectivity index (χ1n) is 7.44. The van der Waals surface area contributed by atoms with Gasteiger partial charge in [-0.2, -0.15) is 0 Å². The van der Waals surface area contributed by atoms with Gasteiger partial charge in [-0.25, -0.2) is 23.4 Å². The lowest BCUT2D eigenvalue weighted by Gasteiger charge is -2.10. The first-order valence-corrected chi connectivity index (χ1v) is 9.30. The highest BCUT2D eigenvalue weighted by Gasteiger charge is 2.15. The van der Waals surface area contributed by atoms with Gasteiger partial charge >= 0.3 is 6.03 Å². The molecule has 0 atom stereocenters. The molecule has 4 N–H and O–H groups in total. The van der Waals surface area contributed by atoms with Gasteiger partial charge in [0.15, 0.2) is 0 Å². The van der Waals surface area contributed by atoms with Crippen LogP contribution in [-0.4, -0.2) is 26.9 Å². The van der Waals surface area contributed by atoms with Gasteiger partial charge in [0.1, 0.15) is 0 Å². The molecule has 138 valence electrons. The number of hydrogen-bond acceptors (Lipinski definition) is 4. The molecule has 0 aliphatic rings. The number of benzene rings is 2. The second-order valence-electron chi connectivity index (χ2n) is 5.27. The molecular formula is C16H17ClN4O4S. The van der Waals surface area contributed by atoms with E-state index in [0.717, 1.165) is 5.56 Å². The van der Waals surface area contributed by atoms with Crippen LogP contribution in [0, 0.1) is 6.92 Å². The number of aryl methyl sites for hydroxylation is 1. The van der Waals surface area contributed by atoms with Crippen molar-refractivity contribution in [2.24, 2.45) is 0 Å². The maximum atomic E-state index is 12.1. The zero-order chi connectivity index (χ0) is 19.2. The lowest BCUT2D eigenvalue weighted by molar-refractivity contribution is -0.120. The van der Waals surface area contributed by atoms with Crippen LogP contribution in [0.3, 0.4) is 0 Å². The minimum Gasteiger partial charge on any atom is -0.307 e. The summed E-state index contributed by atoms with van der Waals surface area (Å²) in [6.07, 6.45) is 0. The first-order chi connectivity index (χ1) is 12.3. The number of hydrazine groups is 1. The topological polar surface area (TPSA) is 116 Å². The SMILES string of the molecule is Cc1ccc(S(=O)(=O)NCC(=O)NNC(=O)Nc2ccc(Cl)cc2)cc1. The molecule has 0 unspecified atom stereocenters. The van der Waals surface area contributed by atoms with Crippen LogP contribution >= 0.6 is 11.6 Å². The van der Waals surface area contributed by atoms with Gasteiger partial charge in [0, 0.05) is 10.7 Å². The van der Waals surface area contributed by atoms with Crippen LogP contribution in [0.15, 0.2) is 53.4 Å². The maximum absolute atomic E-state index is 12.1. The Balaban J connectivity index is 1.78. The Kier molecular flexibility index (Phi) is 6.56. The molecule has 0 aliphatic heterocycles. The number of rotatable bonds is 5. The van der Waals surface area contributed by atoms with E-state index in [2.05, 4.69) is 20.9 Å². The molecule has 2 aromatic rings. The monoisotopic (exact) mass is 396 g/mol. The van der Waals surface area contributed by atoms with E-state index in [1.807, 2.05) is 6.92 Å². The molecule has 0 radical (unpaired) electrons. The van der Waals surface area contributed by atoms with E-state index in [1.165, 1.54) is 12.1 Å². The average Bonchev–Trinajstić information content (AvgIpc) is 2.61. The molecule has 0 spiro atoms. The molecule has 10 heteroatoms. The van der Waals surface area contributed by atoms with E-state index in [4.69, 9.17) is 11.6 Å². The van der Waals surface area contributed by atoms with Crippen molar-refractivity contribution in [3.63, 3.8) is 0 Å². The normalized spacial score (nSPS) is 10.8. The summed E-state index contributed by atoms with van der Waals surface area (Å²) in [5, 5.41) is 2.98. The molecule has 0 heterocycles. The number of nitrogens with one attached hydrogen (secondary N) is 4. The van der Waals surface area contributed by atoms with Gasteiger partial charge in [-0.15, -0.1) is 0 Å². The lowest BCUT2D eigenvalue weighted by atomic mass is 10.2. The van der Waals surface area contributed by atoms with Crippen LogP contribution in [0.2, 0.25) is 5.02 Å². The van der Waals surface area contributed by atoms with Crippen LogP contribution in [0.4, 0.5) is 10.5 Å². The van der Waals surface area contributed by atoms with Crippen molar-refractivity contribution in [3.05, 3.63) is 59.1 Å². The average molecular weight is 397 g/mol. The molecule has 0 aliphatic carbocycles. The summed E-state index contributed by atoms with van der Waals surface area (Å²) in [5.74, 6) is -0.730. The van der Waals surface area contributed by atoms with Gasteiger partial charge in [0.05, 0.1) is 11.4 Å². The Morgan fingerprint density at radius 3 is 2.19 bits per heavy atom. The fraction of sp³-hybridized carbons (Fsp3) is 0.125. The fourth-order valence-corrected chi connectivity index (χ4v) is 2.94. The van der Waals surface area contributed by atoms with Crippen molar-refractivity contribution >= 4 is 39.2 Å². The Labute approximate surface area is 156 Å². The van der Waals surface area contributed by atoms with E-state index < -0.39 is 28.5 Å². The number of sulfonamides is 1. The van der Waals surface area contributed by atoms with Crippen molar-refractivity contribution < 1.29 is 18.0 Å². The van der Waals surface area contributed by atoms with E-state index in [1.54, 1.807) is 36.4 Å².